The van der Waals surface area contributed by atoms with Gasteiger partial charge in [0.05, 0.1) is 10.7 Å². The molecule has 0 saturated carbocycles. The number of nitrogens with zero attached hydrogens (tertiary/aromatic N) is 1. The van der Waals surface area contributed by atoms with Crippen LogP contribution < -0.4 is 10.2 Å². The Morgan fingerprint density at radius 3 is 2.74 bits per heavy atom. The van der Waals surface area contributed by atoms with Gasteiger partial charge < -0.3 is 9.84 Å². The molecule has 0 aliphatic carbocycles. The van der Waals surface area contributed by atoms with Crippen molar-refractivity contribution in [2.24, 2.45) is 5.10 Å². The predicted octanol–water partition coefficient (Wildman–Crippen LogP) is 3.62. The number of ether oxygens (including phenoxy) is 1. The third-order valence-electron chi connectivity index (χ3n) is 2.86. The summed E-state index contributed by atoms with van der Waals surface area (Å²) in [6, 6.07) is 11.3. The molecule has 0 radical (unpaired) electrons. The molecule has 2 aromatic rings. The van der Waals surface area contributed by atoms with Crippen molar-refractivity contribution in [3.63, 3.8) is 0 Å². The van der Waals surface area contributed by atoms with E-state index < -0.39 is 5.91 Å². The topological polar surface area (TPSA) is 70.9 Å². The summed E-state index contributed by atoms with van der Waals surface area (Å²) in [6.07, 6.45) is 0. The summed E-state index contributed by atoms with van der Waals surface area (Å²) in [4.78, 5) is 11.7. The van der Waals surface area contributed by atoms with E-state index in [2.05, 4.69) is 10.5 Å². The van der Waals surface area contributed by atoms with Crippen molar-refractivity contribution in [1.29, 1.82) is 0 Å². The van der Waals surface area contributed by atoms with E-state index in [0.717, 1.165) is 0 Å². The number of phenols is 1. The highest BCUT2D eigenvalue weighted by atomic mass is 35.5. The van der Waals surface area contributed by atoms with Gasteiger partial charge >= 0.3 is 0 Å². The Bertz CT molecular complexity index is 748. The number of carbonyl (C=O) groups is 1. The standard InChI is InChI=1S/C16H14Cl2N2O3/c1-10(11-3-2-4-13(21)7-11)19-20-16(22)9-23-15-6-5-12(17)8-14(15)18/h2-8,21H,9H2,1H3,(H,20,22)/b19-10-. The van der Waals surface area contributed by atoms with Crippen molar-refractivity contribution in [3.8, 4) is 11.5 Å². The molecule has 0 aromatic heterocycles. The molecular weight excluding hydrogens is 339 g/mol. The van der Waals surface area contributed by atoms with Crippen LogP contribution in [0.15, 0.2) is 47.6 Å². The first-order valence-electron chi connectivity index (χ1n) is 6.66. The minimum Gasteiger partial charge on any atom is -0.508 e. The van der Waals surface area contributed by atoms with Gasteiger partial charge in [0.25, 0.3) is 5.91 Å². The predicted molar refractivity (Wildman–Crippen MR) is 90.4 cm³/mol. The Morgan fingerprint density at radius 2 is 2.04 bits per heavy atom. The van der Waals surface area contributed by atoms with E-state index in [1.165, 1.54) is 6.07 Å². The summed E-state index contributed by atoms with van der Waals surface area (Å²) < 4.78 is 5.30. The van der Waals surface area contributed by atoms with Crippen LogP contribution in [0.2, 0.25) is 10.0 Å². The molecule has 0 aliphatic heterocycles. The van der Waals surface area contributed by atoms with E-state index in [-0.39, 0.29) is 12.4 Å². The zero-order valence-corrected chi connectivity index (χ0v) is 13.7. The van der Waals surface area contributed by atoms with Crippen LogP contribution in [0.4, 0.5) is 0 Å². The Morgan fingerprint density at radius 1 is 1.26 bits per heavy atom. The molecule has 0 bridgehead atoms. The van der Waals surface area contributed by atoms with Crippen LogP contribution in [0.3, 0.4) is 0 Å². The summed E-state index contributed by atoms with van der Waals surface area (Å²) in [5.41, 5.74) is 3.63. The molecule has 23 heavy (non-hydrogen) atoms. The molecule has 120 valence electrons. The van der Waals surface area contributed by atoms with Gasteiger partial charge in [-0.1, -0.05) is 35.3 Å². The lowest BCUT2D eigenvalue weighted by Crippen LogP contribution is -2.25. The lowest BCUT2D eigenvalue weighted by atomic mass is 10.1. The molecule has 0 aliphatic rings. The number of benzene rings is 2. The normalized spacial score (nSPS) is 11.2. The third kappa shape index (κ3) is 5.16. The van der Waals surface area contributed by atoms with E-state index in [9.17, 15) is 9.90 Å². The third-order valence-corrected chi connectivity index (χ3v) is 3.40. The van der Waals surface area contributed by atoms with Gasteiger partial charge in [-0.25, -0.2) is 5.43 Å². The maximum Gasteiger partial charge on any atom is 0.277 e. The molecule has 2 aromatic carbocycles. The highest BCUT2D eigenvalue weighted by Gasteiger charge is 2.06. The number of aromatic hydroxyl groups is 1. The second-order valence-corrected chi connectivity index (χ2v) is 5.49. The van der Waals surface area contributed by atoms with E-state index in [1.807, 2.05) is 0 Å². The number of hydrazone groups is 1. The highest BCUT2D eigenvalue weighted by molar-refractivity contribution is 6.35. The van der Waals surface area contributed by atoms with Gasteiger partial charge in [-0.05, 0) is 37.3 Å². The van der Waals surface area contributed by atoms with Crippen molar-refractivity contribution >= 4 is 34.8 Å². The van der Waals surface area contributed by atoms with Crippen molar-refractivity contribution in [2.75, 3.05) is 6.61 Å². The number of hydrogen-bond donors (Lipinski definition) is 2. The molecule has 0 heterocycles. The molecule has 0 saturated heterocycles. The SMILES string of the molecule is C/C(=N/NC(=O)COc1ccc(Cl)cc1Cl)c1cccc(O)c1. The first kappa shape index (κ1) is 17.1. The Kier molecular flexibility index (Phi) is 5.84. The average molecular weight is 353 g/mol. The van der Waals surface area contributed by atoms with Gasteiger partial charge in [-0.3, -0.25) is 4.79 Å². The lowest BCUT2D eigenvalue weighted by Gasteiger charge is -2.07. The van der Waals surface area contributed by atoms with E-state index in [0.29, 0.717) is 27.1 Å². The van der Waals surface area contributed by atoms with Crippen molar-refractivity contribution in [3.05, 3.63) is 58.1 Å². The fraction of sp³-hybridized carbons (Fsp3) is 0.125. The first-order chi connectivity index (χ1) is 11.0. The molecule has 0 fully saturated rings. The molecule has 2 rings (SSSR count). The van der Waals surface area contributed by atoms with Crippen LogP contribution in [0, 0.1) is 0 Å². The summed E-state index contributed by atoms with van der Waals surface area (Å²) in [5.74, 6) is 0.0551. The number of amides is 1. The minimum absolute atomic E-state index is 0.129. The van der Waals surface area contributed by atoms with Gasteiger partial charge in [0.1, 0.15) is 11.5 Å². The Hall–Kier alpha value is -2.24. The monoisotopic (exact) mass is 352 g/mol. The van der Waals surface area contributed by atoms with Crippen molar-refractivity contribution < 1.29 is 14.6 Å². The lowest BCUT2D eigenvalue weighted by molar-refractivity contribution is -0.123. The van der Waals surface area contributed by atoms with Crippen LogP contribution >= 0.6 is 23.2 Å². The van der Waals surface area contributed by atoms with Gasteiger partial charge in [0, 0.05) is 10.6 Å². The molecule has 0 spiro atoms. The summed E-state index contributed by atoms with van der Waals surface area (Å²) in [7, 11) is 0. The van der Waals surface area contributed by atoms with Gasteiger partial charge in [-0.15, -0.1) is 0 Å². The zero-order valence-electron chi connectivity index (χ0n) is 12.2. The largest absolute Gasteiger partial charge is 0.508 e. The zero-order chi connectivity index (χ0) is 16.8. The van der Waals surface area contributed by atoms with Gasteiger partial charge in [0.2, 0.25) is 0 Å². The Labute approximate surface area is 143 Å². The number of hydrogen-bond acceptors (Lipinski definition) is 4. The van der Waals surface area contributed by atoms with Crippen LogP contribution in [-0.2, 0) is 4.79 Å². The number of phenolic OH excluding ortho intramolecular Hbond substituents is 1. The summed E-state index contributed by atoms with van der Waals surface area (Å²) in [6.45, 7) is 1.48. The molecule has 0 unspecified atom stereocenters. The highest BCUT2D eigenvalue weighted by Crippen LogP contribution is 2.27. The number of halogens is 2. The smallest absolute Gasteiger partial charge is 0.277 e. The Balaban J connectivity index is 1.90. The number of carbonyl (C=O) groups excluding carboxylic acids is 1. The maximum atomic E-state index is 11.7. The van der Waals surface area contributed by atoms with E-state index in [1.54, 1.807) is 43.3 Å². The van der Waals surface area contributed by atoms with Crippen molar-refractivity contribution in [2.45, 2.75) is 6.92 Å². The molecule has 5 nitrogen and oxygen atoms in total. The fourth-order valence-corrected chi connectivity index (χ4v) is 2.17. The summed E-state index contributed by atoms with van der Waals surface area (Å²) >= 11 is 11.7. The van der Waals surface area contributed by atoms with Gasteiger partial charge in [0.15, 0.2) is 6.61 Å². The van der Waals surface area contributed by atoms with Crippen LogP contribution in [-0.4, -0.2) is 23.3 Å². The van der Waals surface area contributed by atoms with Crippen LogP contribution in [0.25, 0.3) is 0 Å². The summed E-state index contributed by atoms with van der Waals surface area (Å²) in [5, 5.41) is 14.2. The minimum atomic E-state index is -0.435. The molecule has 2 N–H and O–H groups in total. The van der Waals surface area contributed by atoms with Crippen molar-refractivity contribution in [1.82, 2.24) is 5.43 Å². The first-order valence-corrected chi connectivity index (χ1v) is 7.41. The second kappa shape index (κ2) is 7.85. The molecule has 0 atom stereocenters. The van der Waals surface area contributed by atoms with E-state index >= 15 is 0 Å². The maximum absolute atomic E-state index is 11.7. The molecule has 7 heteroatoms. The number of nitrogens with one attached hydrogen (secondary N) is 1. The van der Waals surface area contributed by atoms with Gasteiger partial charge in [-0.2, -0.15) is 5.10 Å². The quantitative estimate of drug-likeness (QED) is 0.637. The fourth-order valence-electron chi connectivity index (χ4n) is 1.71. The molecular formula is C16H14Cl2N2O3. The van der Waals surface area contributed by atoms with Crippen LogP contribution in [0.5, 0.6) is 11.5 Å². The van der Waals surface area contributed by atoms with Crippen LogP contribution in [0.1, 0.15) is 12.5 Å². The second-order valence-electron chi connectivity index (χ2n) is 4.65. The molecule has 1 amide bonds. The average Bonchev–Trinajstić information content (AvgIpc) is 2.51. The number of rotatable bonds is 5. The van der Waals surface area contributed by atoms with E-state index in [4.69, 9.17) is 27.9 Å².